The molecule has 0 bridgehead atoms. The monoisotopic (exact) mass is 588 g/mol. The standard InChI is InChI=1S/C28H18F6N4S2/c29-27(30,31)21-15-11-19(12-16-21)25-35-39(23-7-3-1-4-8-23)36-26(20-13-17-22(18-14-20)28(32,33)34)38-40(37-25)24-9-5-2-6-10-24/h1-18H. The van der Waals surface area contributed by atoms with Gasteiger partial charge in [0.15, 0.2) is 11.7 Å². The van der Waals surface area contributed by atoms with Gasteiger partial charge in [-0.05, 0) is 48.5 Å². The fourth-order valence-corrected chi connectivity index (χ4v) is 6.17. The number of hydrogen-bond acceptors (Lipinski definition) is 4. The molecule has 2 atom stereocenters. The van der Waals surface area contributed by atoms with Crippen molar-refractivity contribution < 1.29 is 26.3 Å². The molecule has 4 aromatic rings. The predicted octanol–water partition coefficient (Wildman–Crippen LogP) is 8.48. The number of amidine groups is 2. The molecular weight excluding hydrogens is 570 g/mol. The van der Waals surface area contributed by atoms with Crippen molar-refractivity contribution in [2.75, 3.05) is 0 Å². The van der Waals surface area contributed by atoms with E-state index >= 15 is 0 Å². The summed E-state index contributed by atoms with van der Waals surface area (Å²) in [5, 5.41) is 0. The van der Waals surface area contributed by atoms with Gasteiger partial charge < -0.3 is 0 Å². The van der Waals surface area contributed by atoms with E-state index in [4.69, 9.17) is 17.5 Å². The van der Waals surface area contributed by atoms with Crippen LogP contribution in [0.1, 0.15) is 22.3 Å². The second kappa shape index (κ2) is 11.3. The highest BCUT2D eigenvalue weighted by molar-refractivity contribution is 7.88. The minimum atomic E-state index is -4.50. The summed E-state index contributed by atoms with van der Waals surface area (Å²) in [6, 6.07) is 26.9. The van der Waals surface area contributed by atoms with Crippen LogP contribution in [0.3, 0.4) is 0 Å². The van der Waals surface area contributed by atoms with E-state index in [9.17, 15) is 26.3 Å². The quantitative estimate of drug-likeness (QED) is 0.215. The molecule has 40 heavy (non-hydrogen) atoms. The Morgan fingerprint density at radius 3 is 1.05 bits per heavy atom. The number of rotatable bonds is 4. The van der Waals surface area contributed by atoms with E-state index in [2.05, 4.69) is 0 Å². The zero-order valence-corrected chi connectivity index (χ0v) is 21.9. The maximum atomic E-state index is 13.2. The van der Waals surface area contributed by atoms with Gasteiger partial charge in [-0.15, -0.1) is 0 Å². The Labute approximate surface area is 230 Å². The summed E-state index contributed by atoms with van der Waals surface area (Å²) in [5.41, 5.74) is -0.922. The Kier molecular flexibility index (Phi) is 7.81. The molecule has 0 amide bonds. The zero-order valence-electron chi connectivity index (χ0n) is 20.3. The fraction of sp³-hybridized carbons (Fsp3) is 0.0714. The maximum absolute atomic E-state index is 13.2. The molecule has 0 fully saturated rings. The van der Waals surface area contributed by atoms with Gasteiger partial charge in [0.2, 0.25) is 0 Å². The molecule has 4 nitrogen and oxygen atoms in total. The lowest BCUT2D eigenvalue weighted by Gasteiger charge is -2.14. The Hall–Kier alpha value is -3.90. The van der Waals surface area contributed by atoms with Gasteiger partial charge in [0.1, 0.15) is 0 Å². The summed E-state index contributed by atoms with van der Waals surface area (Å²) in [4.78, 5) is 1.34. The third-order valence-electron chi connectivity index (χ3n) is 5.54. The van der Waals surface area contributed by atoms with Crippen molar-refractivity contribution >= 4 is 33.4 Å². The second-order valence-corrected chi connectivity index (χ2v) is 11.0. The van der Waals surface area contributed by atoms with Crippen LogP contribution in [0.25, 0.3) is 0 Å². The van der Waals surface area contributed by atoms with E-state index in [0.29, 0.717) is 20.9 Å². The predicted molar refractivity (Wildman–Crippen MR) is 145 cm³/mol. The van der Waals surface area contributed by atoms with Crippen LogP contribution >= 0.6 is 0 Å². The summed E-state index contributed by atoms with van der Waals surface area (Å²) in [5.74, 6) is 0.319. The average molecular weight is 589 g/mol. The average Bonchev–Trinajstić information content (AvgIpc) is 2.93. The first-order chi connectivity index (χ1) is 19.1. The molecule has 0 aliphatic carbocycles. The summed E-state index contributed by atoms with van der Waals surface area (Å²) in [6.07, 6.45) is -9.01. The Balaban J connectivity index is 1.70. The lowest BCUT2D eigenvalue weighted by molar-refractivity contribution is -0.138. The molecule has 0 radical (unpaired) electrons. The zero-order chi connectivity index (χ0) is 28.3. The van der Waals surface area contributed by atoms with Crippen molar-refractivity contribution in [1.82, 2.24) is 0 Å². The highest BCUT2D eigenvalue weighted by atomic mass is 32.2. The van der Waals surface area contributed by atoms with Gasteiger partial charge in [-0.25, -0.2) is 0 Å². The Bertz CT molecular complexity index is 1500. The number of nitrogens with zero attached hydrogens (tertiary/aromatic N) is 4. The fourth-order valence-electron chi connectivity index (χ4n) is 3.52. The largest absolute Gasteiger partial charge is 0.416 e. The third kappa shape index (κ3) is 6.45. The van der Waals surface area contributed by atoms with Crippen LogP contribution < -0.4 is 0 Å². The first-order valence-corrected chi connectivity index (χ1v) is 13.9. The molecule has 12 heteroatoms. The van der Waals surface area contributed by atoms with Gasteiger partial charge >= 0.3 is 12.4 Å². The van der Waals surface area contributed by atoms with Gasteiger partial charge in [-0.3, -0.25) is 0 Å². The van der Waals surface area contributed by atoms with Crippen LogP contribution in [0.5, 0.6) is 0 Å². The van der Waals surface area contributed by atoms with Crippen LogP contribution in [0.15, 0.2) is 137 Å². The summed E-state index contributed by atoms with van der Waals surface area (Å²) >= 11 is 0. The molecular formula is C28H18F6N4S2. The van der Waals surface area contributed by atoms with Gasteiger partial charge in [0, 0.05) is 20.9 Å². The summed E-state index contributed by atoms with van der Waals surface area (Å²) in [6.45, 7) is 0. The first kappa shape index (κ1) is 27.7. The van der Waals surface area contributed by atoms with E-state index < -0.39 is 45.2 Å². The third-order valence-corrected chi connectivity index (χ3v) is 8.31. The maximum Gasteiger partial charge on any atom is 0.416 e. The van der Waals surface area contributed by atoms with Crippen molar-refractivity contribution in [2.45, 2.75) is 22.1 Å². The van der Waals surface area contributed by atoms with Gasteiger partial charge in [0.25, 0.3) is 0 Å². The molecule has 0 saturated carbocycles. The van der Waals surface area contributed by atoms with Crippen LogP contribution in [0, 0.1) is 0 Å². The van der Waals surface area contributed by atoms with Crippen LogP contribution in [-0.4, -0.2) is 11.7 Å². The van der Waals surface area contributed by atoms with Gasteiger partial charge in [0.05, 0.1) is 32.9 Å². The van der Waals surface area contributed by atoms with Crippen molar-refractivity contribution in [3.05, 3.63) is 131 Å². The summed E-state index contributed by atoms with van der Waals surface area (Å²) < 4.78 is 98.2. The van der Waals surface area contributed by atoms with E-state index in [1.807, 2.05) is 0 Å². The van der Waals surface area contributed by atoms with Crippen molar-refractivity contribution in [3.63, 3.8) is 0 Å². The number of benzene rings is 4. The normalized spacial score (nSPS) is 17.9. The molecule has 1 heterocycles. The lowest BCUT2D eigenvalue weighted by atomic mass is 10.1. The van der Waals surface area contributed by atoms with Gasteiger partial charge in [-0.1, -0.05) is 60.7 Å². The number of halogens is 6. The molecule has 0 spiro atoms. The molecule has 1 aliphatic rings. The molecule has 0 N–H and O–H groups in total. The van der Waals surface area contributed by atoms with Crippen LogP contribution in [-0.2, 0) is 34.1 Å². The lowest BCUT2D eigenvalue weighted by Crippen LogP contribution is -2.11. The minimum Gasteiger partial charge on any atom is -0.180 e. The Morgan fingerprint density at radius 1 is 0.425 bits per heavy atom. The van der Waals surface area contributed by atoms with Crippen LogP contribution in [0.4, 0.5) is 26.3 Å². The van der Waals surface area contributed by atoms with Crippen molar-refractivity contribution in [2.24, 2.45) is 17.5 Å². The van der Waals surface area contributed by atoms with Gasteiger partial charge in [-0.2, -0.15) is 43.9 Å². The minimum absolute atomic E-state index is 0.159. The molecule has 204 valence electrons. The molecule has 1 aliphatic heterocycles. The molecule has 0 saturated heterocycles. The van der Waals surface area contributed by atoms with E-state index in [1.165, 1.54) is 24.3 Å². The van der Waals surface area contributed by atoms with E-state index in [0.717, 1.165) is 24.3 Å². The van der Waals surface area contributed by atoms with E-state index in [1.54, 1.807) is 60.7 Å². The van der Waals surface area contributed by atoms with Crippen molar-refractivity contribution in [3.8, 4) is 0 Å². The molecule has 5 rings (SSSR count). The second-order valence-electron chi connectivity index (χ2n) is 8.32. The van der Waals surface area contributed by atoms with E-state index in [-0.39, 0.29) is 11.7 Å². The molecule has 4 aromatic carbocycles. The molecule has 0 aromatic heterocycles. The topological polar surface area (TPSA) is 49.4 Å². The van der Waals surface area contributed by atoms with Crippen molar-refractivity contribution in [1.29, 1.82) is 0 Å². The smallest absolute Gasteiger partial charge is 0.180 e. The Morgan fingerprint density at radius 2 is 0.750 bits per heavy atom. The number of alkyl halides is 6. The SMILES string of the molecule is FC(F)(F)c1ccc(C2=NS(c3ccccc3)=NC(c3ccc(C(F)(F)F)cc3)=NS(c3ccccc3)=N2)cc1. The molecule has 2 unspecified atom stereocenters. The summed E-state index contributed by atoms with van der Waals surface area (Å²) in [7, 11) is -2.53. The highest BCUT2D eigenvalue weighted by Crippen LogP contribution is 2.31. The highest BCUT2D eigenvalue weighted by Gasteiger charge is 2.31. The van der Waals surface area contributed by atoms with Crippen LogP contribution in [0.2, 0.25) is 0 Å². The first-order valence-electron chi connectivity index (χ1n) is 11.6. The number of hydrogen-bond donors (Lipinski definition) is 0.